The molecule has 0 heterocycles. The molecule has 0 saturated carbocycles. The summed E-state index contributed by atoms with van der Waals surface area (Å²) >= 11 is 0. The van der Waals surface area contributed by atoms with Crippen LogP contribution >= 0.6 is 0 Å². The minimum Gasteiger partial charge on any atom is -0.469 e. The molecule has 1 atom stereocenters. The SMILES string of the molecule is C=CC(CC(=O)CC(=O)OC)OCc1ccccc1. The molecule has 102 valence electrons. The molecule has 0 N–H and O–H groups in total. The van der Waals surface area contributed by atoms with E-state index in [1.54, 1.807) is 6.08 Å². The maximum absolute atomic E-state index is 11.6. The number of carbonyl (C=O) groups excluding carboxylic acids is 2. The number of methoxy groups -OCH3 is 1. The van der Waals surface area contributed by atoms with E-state index in [0.717, 1.165) is 5.56 Å². The Morgan fingerprint density at radius 2 is 2.00 bits per heavy atom. The predicted molar refractivity (Wildman–Crippen MR) is 71.5 cm³/mol. The second-order valence-corrected chi connectivity index (χ2v) is 4.07. The number of carbonyl (C=O) groups is 2. The molecule has 0 bridgehead atoms. The Hall–Kier alpha value is -1.94. The second-order valence-electron chi connectivity index (χ2n) is 4.07. The van der Waals surface area contributed by atoms with Crippen molar-refractivity contribution in [3.05, 3.63) is 48.6 Å². The molecule has 0 aliphatic heterocycles. The third kappa shape index (κ3) is 5.97. The van der Waals surface area contributed by atoms with E-state index in [9.17, 15) is 9.59 Å². The Bertz CT molecular complexity index is 425. The highest BCUT2D eigenvalue weighted by molar-refractivity contribution is 5.95. The lowest BCUT2D eigenvalue weighted by molar-refractivity contribution is -0.143. The number of ketones is 1. The number of rotatable bonds is 8. The molecule has 0 fully saturated rings. The van der Waals surface area contributed by atoms with Crippen LogP contribution < -0.4 is 0 Å². The summed E-state index contributed by atoms with van der Waals surface area (Å²) < 4.78 is 10.0. The van der Waals surface area contributed by atoms with E-state index in [-0.39, 0.29) is 18.6 Å². The van der Waals surface area contributed by atoms with Gasteiger partial charge in [-0.05, 0) is 5.56 Å². The number of hydrogen-bond donors (Lipinski definition) is 0. The van der Waals surface area contributed by atoms with E-state index < -0.39 is 12.1 Å². The average molecular weight is 262 g/mol. The molecule has 1 unspecified atom stereocenters. The quantitative estimate of drug-likeness (QED) is 0.410. The van der Waals surface area contributed by atoms with Gasteiger partial charge in [-0.3, -0.25) is 9.59 Å². The molecule has 1 aromatic carbocycles. The van der Waals surface area contributed by atoms with Crippen LogP contribution in [0.2, 0.25) is 0 Å². The lowest BCUT2D eigenvalue weighted by Crippen LogP contribution is -2.18. The molecule has 1 aromatic rings. The second kappa shape index (κ2) is 8.21. The molecule has 0 aliphatic rings. The zero-order chi connectivity index (χ0) is 14.1. The number of hydrogen-bond acceptors (Lipinski definition) is 4. The molecule has 19 heavy (non-hydrogen) atoms. The third-order valence-corrected chi connectivity index (χ3v) is 2.57. The molecule has 4 nitrogen and oxygen atoms in total. The van der Waals surface area contributed by atoms with Crippen LogP contribution in [0.5, 0.6) is 0 Å². The zero-order valence-electron chi connectivity index (χ0n) is 11.0. The number of ether oxygens (including phenoxy) is 2. The summed E-state index contributed by atoms with van der Waals surface area (Å²) in [5.74, 6) is -0.749. The van der Waals surface area contributed by atoms with Crippen LogP contribution in [0.1, 0.15) is 18.4 Å². The van der Waals surface area contributed by atoms with Gasteiger partial charge < -0.3 is 9.47 Å². The van der Waals surface area contributed by atoms with Crippen LogP contribution in [0, 0.1) is 0 Å². The number of esters is 1. The van der Waals surface area contributed by atoms with Crippen LogP contribution in [-0.4, -0.2) is 25.0 Å². The fraction of sp³-hybridized carbons (Fsp3) is 0.333. The molecule has 0 saturated heterocycles. The highest BCUT2D eigenvalue weighted by Crippen LogP contribution is 2.08. The first-order valence-electron chi connectivity index (χ1n) is 6.02. The van der Waals surface area contributed by atoms with Gasteiger partial charge in [-0.2, -0.15) is 0 Å². The topological polar surface area (TPSA) is 52.6 Å². The van der Waals surface area contributed by atoms with Crippen molar-refractivity contribution in [1.82, 2.24) is 0 Å². The molecule has 0 amide bonds. The average Bonchev–Trinajstić information content (AvgIpc) is 2.44. The van der Waals surface area contributed by atoms with Gasteiger partial charge in [-0.25, -0.2) is 0 Å². The summed E-state index contributed by atoms with van der Waals surface area (Å²) in [6.07, 6.45) is 1.08. The Labute approximate surface area is 113 Å². The number of Topliss-reactive ketones (excluding diaryl/α,β-unsaturated/α-hetero) is 1. The summed E-state index contributed by atoms with van der Waals surface area (Å²) in [6.45, 7) is 4.04. The molecular weight excluding hydrogens is 244 g/mol. The van der Waals surface area contributed by atoms with Gasteiger partial charge in [0.25, 0.3) is 0 Å². The van der Waals surface area contributed by atoms with Crippen molar-refractivity contribution < 1.29 is 19.1 Å². The molecule has 0 spiro atoms. The van der Waals surface area contributed by atoms with Gasteiger partial charge in [0.2, 0.25) is 0 Å². The van der Waals surface area contributed by atoms with E-state index in [4.69, 9.17) is 4.74 Å². The molecule has 1 rings (SSSR count). The van der Waals surface area contributed by atoms with Crippen LogP contribution in [0.15, 0.2) is 43.0 Å². The van der Waals surface area contributed by atoms with Crippen LogP contribution in [0.25, 0.3) is 0 Å². The van der Waals surface area contributed by atoms with Crippen LogP contribution in [0.3, 0.4) is 0 Å². The smallest absolute Gasteiger partial charge is 0.313 e. The normalized spacial score (nSPS) is 11.6. The van der Waals surface area contributed by atoms with E-state index in [1.807, 2.05) is 30.3 Å². The Kier molecular flexibility index (Phi) is 6.53. The monoisotopic (exact) mass is 262 g/mol. The van der Waals surface area contributed by atoms with Crippen LogP contribution in [-0.2, 0) is 25.7 Å². The number of benzene rings is 1. The van der Waals surface area contributed by atoms with Crippen molar-refractivity contribution in [2.45, 2.75) is 25.6 Å². The maximum atomic E-state index is 11.6. The van der Waals surface area contributed by atoms with Gasteiger partial charge in [-0.15, -0.1) is 6.58 Å². The lowest BCUT2D eigenvalue weighted by atomic mass is 10.1. The van der Waals surface area contributed by atoms with Crippen molar-refractivity contribution in [3.8, 4) is 0 Å². The van der Waals surface area contributed by atoms with Crippen molar-refractivity contribution >= 4 is 11.8 Å². The standard InChI is InChI=1S/C15H18O4/c1-3-14(9-13(16)10-15(17)18-2)19-11-12-7-5-4-6-8-12/h3-8,14H,1,9-11H2,2H3. The molecule has 0 aliphatic carbocycles. The van der Waals surface area contributed by atoms with Crippen molar-refractivity contribution in [3.63, 3.8) is 0 Å². The fourth-order valence-electron chi connectivity index (χ4n) is 1.52. The van der Waals surface area contributed by atoms with E-state index in [2.05, 4.69) is 11.3 Å². The summed E-state index contributed by atoms with van der Waals surface area (Å²) in [5, 5.41) is 0. The highest BCUT2D eigenvalue weighted by Gasteiger charge is 2.15. The molecular formula is C15H18O4. The van der Waals surface area contributed by atoms with Gasteiger partial charge in [-0.1, -0.05) is 36.4 Å². The Morgan fingerprint density at radius 3 is 2.58 bits per heavy atom. The summed E-state index contributed by atoms with van der Waals surface area (Å²) in [4.78, 5) is 22.5. The molecule has 0 radical (unpaired) electrons. The van der Waals surface area contributed by atoms with E-state index in [1.165, 1.54) is 7.11 Å². The molecule has 4 heteroatoms. The fourth-order valence-corrected chi connectivity index (χ4v) is 1.52. The first-order chi connectivity index (χ1) is 9.15. The largest absolute Gasteiger partial charge is 0.469 e. The third-order valence-electron chi connectivity index (χ3n) is 2.57. The minimum absolute atomic E-state index is 0.130. The van der Waals surface area contributed by atoms with Gasteiger partial charge in [0.1, 0.15) is 12.2 Å². The van der Waals surface area contributed by atoms with E-state index >= 15 is 0 Å². The van der Waals surface area contributed by atoms with Gasteiger partial charge in [0.15, 0.2) is 0 Å². The minimum atomic E-state index is -0.532. The summed E-state index contributed by atoms with van der Waals surface area (Å²) in [5.41, 5.74) is 1.02. The summed E-state index contributed by atoms with van der Waals surface area (Å²) in [7, 11) is 1.26. The Balaban J connectivity index is 2.39. The maximum Gasteiger partial charge on any atom is 0.313 e. The van der Waals surface area contributed by atoms with E-state index in [0.29, 0.717) is 6.61 Å². The molecule has 0 aromatic heterocycles. The summed E-state index contributed by atoms with van der Waals surface area (Å²) in [6, 6.07) is 9.65. The lowest BCUT2D eigenvalue weighted by Gasteiger charge is -2.13. The first kappa shape index (κ1) is 15.1. The van der Waals surface area contributed by atoms with Crippen LogP contribution in [0.4, 0.5) is 0 Å². The first-order valence-corrected chi connectivity index (χ1v) is 6.02. The Morgan fingerprint density at radius 1 is 1.32 bits per heavy atom. The van der Waals surface area contributed by atoms with Crippen molar-refractivity contribution in [1.29, 1.82) is 0 Å². The predicted octanol–water partition coefficient (Wildman–Crippen LogP) is 2.28. The highest BCUT2D eigenvalue weighted by atomic mass is 16.5. The van der Waals surface area contributed by atoms with Gasteiger partial charge in [0, 0.05) is 6.42 Å². The van der Waals surface area contributed by atoms with Gasteiger partial charge in [0.05, 0.1) is 19.8 Å². The van der Waals surface area contributed by atoms with Gasteiger partial charge >= 0.3 is 5.97 Å². The van der Waals surface area contributed by atoms with Crippen molar-refractivity contribution in [2.24, 2.45) is 0 Å². The zero-order valence-corrected chi connectivity index (χ0v) is 11.0. The van der Waals surface area contributed by atoms with Crippen molar-refractivity contribution in [2.75, 3.05) is 7.11 Å².